The van der Waals surface area contributed by atoms with Crippen molar-refractivity contribution in [3.63, 3.8) is 0 Å². The molecule has 0 saturated carbocycles. The Morgan fingerprint density at radius 3 is 2.20 bits per heavy atom. The number of rotatable bonds is 10. The van der Waals surface area contributed by atoms with E-state index < -0.39 is 22.3 Å². The molecule has 2 aliphatic heterocycles. The number of nitrogens with zero attached hydrogens (tertiary/aromatic N) is 9. The van der Waals surface area contributed by atoms with Gasteiger partial charge in [-0.2, -0.15) is 19.3 Å². The van der Waals surface area contributed by atoms with Crippen molar-refractivity contribution in [1.82, 2.24) is 33.7 Å². The summed E-state index contributed by atoms with van der Waals surface area (Å²) in [6.07, 6.45) is -0.969. The minimum atomic E-state index is -3.34. The van der Waals surface area contributed by atoms with Crippen molar-refractivity contribution >= 4 is 33.0 Å². The highest BCUT2D eigenvalue weighted by Crippen LogP contribution is 2.33. The van der Waals surface area contributed by atoms with Crippen LogP contribution in [0.4, 0.5) is 20.7 Å². The minimum Gasteiger partial charge on any atom is -0.491 e. The molecule has 2 aliphatic rings. The summed E-state index contributed by atoms with van der Waals surface area (Å²) in [6, 6.07) is 5.12. The normalized spacial score (nSPS) is 17.2. The predicted molar refractivity (Wildman–Crippen MR) is 150 cm³/mol. The number of hydrogen-bond donors (Lipinski definition) is 0. The molecule has 3 aromatic rings. The SMILES string of the molecule is CN(C)CCCOc1cccc2c1nc(C(F)F)n2-c1nc(N2CCOCC2)nc(N2CCN(S(C)(=O)=O)CC2)n1. The molecule has 4 heterocycles. The third-order valence-electron chi connectivity index (χ3n) is 6.96. The maximum Gasteiger partial charge on any atom is 0.296 e. The molecule has 0 atom stereocenters. The van der Waals surface area contributed by atoms with Crippen LogP contribution in [0.5, 0.6) is 5.75 Å². The summed E-state index contributed by atoms with van der Waals surface area (Å²) in [6.45, 7) is 4.46. The number of halogens is 2. The number of hydrogen-bond acceptors (Lipinski definition) is 11. The number of benzene rings is 1. The van der Waals surface area contributed by atoms with E-state index in [9.17, 15) is 17.2 Å². The van der Waals surface area contributed by atoms with Crippen LogP contribution in [0.3, 0.4) is 0 Å². The quantitative estimate of drug-likeness (QED) is 0.316. The van der Waals surface area contributed by atoms with E-state index in [1.165, 1.54) is 15.1 Å². The van der Waals surface area contributed by atoms with Gasteiger partial charge in [-0.15, -0.1) is 0 Å². The van der Waals surface area contributed by atoms with Gasteiger partial charge in [0.25, 0.3) is 6.43 Å². The van der Waals surface area contributed by atoms with E-state index in [1.807, 2.05) is 28.8 Å². The molecule has 2 fully saturated rings. The van der Waals surface area contributed by atoms with Crippen LogP contribution in [0.2, 0.25) is 0 Å². The Morgan fingerprint density at radius 2 is 1.59 bits per heavy atom. The number of aromatic nitrogens is 5. The molecular formula is C25H35F2N9O4S. The first-order chi connectivity index (χ1) is 19.6. The van der Waals surface area contributed by atoms with E-state index in [-0.39, 0.29) is 25.0 Å². The van der Waals surface area contributed by atoms with E-state index in [4.69, 9.17) is 9.47 Å². The number of imidazole rings is 1. The summed E-state index contributed by atoms with van der Waals surface area (Å²) in [7, 11) is 0.603. The first-order valence-corrected chi connectivity index (χ1v) is 15.3. The van der Waals surface area contributed by atoms with Gasteiger partial charge >= 0.3 is 0 Å². The Morgan fingerprint density at radius 1 is 0.951 bits per heavy atom. The van der Waals surface area contributed by atoms with Gasteiger partial charge in [-0.25, -0.2) is 22.2 Å². The minimum absolute atomic E-state index is 0.00425. The number of anilines is 2. The zero-order valence-corrected chi connectivity index (χ0v) is 24.2. The molecule has 13 nitrogen and oxygen atoms in total. The van der Waals surface area contributed by atoms with Crippen LogP contribution in [0.15, 0.2) is 18.2 Å². The smallest absolute Gasteiger partial charge is 0.296 e. The summed E-state index contributed by atoms with van der Waals surface area (Å²) in [5, 5.41) is 0. The molecule has 0 amide bonds. The van der Waals surface area contributed by atoms with E-state index >= 15 is 0 Å². The third-order valence-corrected chi connectivity index (χ3v) is 8.26. The Bertz CT molecular complexity index is 1460. The van der Waals surface area contributed by atoms with Crippen molar-refractivity contribution in [1.29, 1.82) is 0 Å². The molecule has 0 aliphatic carbocycles. The third kappa shape index (κ3) is 6.66. The fourth-order valence-electron chi connectivity index (χ4n) is 4.84. The van der Waals surface area contributed by atoms with Gasteiger partial charge in [-0.05, 0) is 32.6 Å². The molecule has 0 bridgehead atoms. The number of morpholine rings is 1. The fraction of sp³-hybridized carbons (Fsp3) is 0.600. The summed E-state index contributed by atoms with van der Waals surface area (Å²) < 4.78 is 67.0. The lowest BCUT2D eigenvalue weighted by molar-refractivity contribution is 0.122. The van der Waals surface area contributed by atoms with Gasteiger partial charge in [0, 0.05) is 45.8 Å². The summed E-state index contributed by atoms with van der Waals surface area (Å²) >= 11 is 0. The fourth-order valence-corrected chi connectivity index (χ4v) is 5.66. The Kier molecular flexibility index (Phi) is 8.82. The van der Waals surface area contributed by atoms with Crippen molar-refractivity contribution in [2.45, 2.75) is 12.8 Å². The second kappa shape index (κ2) is 12.3. The van der Waals surface area contributed by atoms with Gasteiger partial charge in [0.2, 0.25) is 27.9 Å². The van der Waals surface area contributed by atoms with Crippen LogP contribution in [0.1, 0.15) is 18.7 Å². The van der Waals surface area contributed by atoms with Crippen LogP contribution in [0.25, 0.3) is 17.0 Å². The maximum atomic E-state index is 14.4. The first-order valence-electron chi connectivity index (χ1n) is 13.5. The van der Waals surface area contributed by atoms with Gasteiger partial charge in [0.05, 0.1) is 31.6 Å². The van der Waals surface area contributed by atoms with Crippen molar-refractivity contribution in [2.75, 3.05) is 95.8 Å². The average molecular weight is 596 g/mol. The zero-order chi connectivity index (χ0) is 29.1. The Labute approximate surface area is 237 Å². The van der Waals surface area contributed by atoms with Crippen molar-refractivity contribution in [3.05, 3.63) is 24.0 Å². The van der Waals surface area contributed by atoms with E-state index in [0.717, 1.165) is 13.0 Å². The van der Waals surface area contributed by atoms with E-state index in [2.05, 4.69) is 19.9 Å². The zero-order valence-electron chi connectivity index (χ0n) is 23.4. The molecular weight excluding hydrogens is 560 g/mol. The molecule has 0 radical (unpaired) electrons. The number of ether oxygens (including phenoxy) is 2. The topological polar surface area (TPSA) is 122 Å². The number of alkyl halides is 2. The highest BCUT2D eigenvalue weighted by molar-refractivity contribution is 7.88. The first kappa shape index (κ1) is 29.3. The molecule has 41 heavy (non-hydrogen) atoms. The molecule has 0 N–H and O–H groups in total. The van der Waals surface area contributed by atoms with Crippen molar-refractivity contribution in [2.24, 2.45) is 0 Å². The van der Waals surface area contributed by atoms with Gasteiger partial charge in [0.1, 0.15) is 11.3 Å². The van der Waals surface area contributed by atoms with Crippen LogP contribution >= 0.6 is 0 Å². The Balaban J connectivity index is 1.56. The molecule has 0 unspecified atom stereocenters. The second-order valence-corrected chi connectivity index (χ2v) is 12.2. The van der Waals surface area contributed by atoms with E-state index in [1.54, 1.807) is 18.2 Å². The summed E-state index contributed by atoms with van der Waals surface area (Å²) in [4.78, 5) is 24.0. The summed E-state index contributed by atoms with van der Waals surface area (Å²) in [5.41, 5.74) is 0.682. The molecule has 0 spiro atoms. The lowest BCUT2D eigenvalue weighted by Gasteiger charge is -2.34. The predicted octanol–water partition coefficient (Wildman–Crippen LogP) is 1.40. The number of para-hydroxylation sites is 1. The summed E-state index contributed by atoms with van der Waals surface area (Å²) in [5.74, 6) is 0.516. The van der Waals surface area contributed by atoms with Crippen LogP contribution < -0.4 is 14.5 Å². The lowest BCUT2D eigenvalue weighted by atomic mass is 10.3. The monoisotopic (exact) mass is 595 g/mol. The van der Waals surface area contributed by atoms with Crippen LogP contribution in [-0.2, 0) is 14.8 Å². The number of sulfonamides is 1. The highest BCUT2D eigenvalue weighted by atomic mass is 32.2. The van der Waals surface area contributed by atoms with Gasteiger partial charge in [-0.3, -0.25) is 4.57 Å². The average Bonchev–Trinajstić information content (AvgIpc) is 3.36. The van der Waals surface area contributed by atoms with Gasteiger partial charge in [-0.1, -0.05) is 6.07 Å². The lowest BCUT2D eigenvalue weighted by Crippen LogP contribution is -2.49. The molecule has 2 saturated heterocycles. The van der Waals surface area contributed by atoms with Crippen molar-refractivity contribution < 1.29 is 26.7 Å². The van der Waals surface area contributed by atoms with Crippen LogP contribution in [-0.4, -0.2) is 128 Å². The van der Waals surface area contributed by atoms with Crippen molar-refractivity contribution in [3.8, 4) is 11.7 Å². The maximum absolute atomic E-state index is 14.4. The molecule has 5 rings (SSSR count). The number of piperazine rings is 1. The van der Waals surface area contributed by atoms with Crippen LogP contribution in [0, 0.1) is 0 Å². The molecule has 16 heteroatoms. The van der Waals surface area contributed by atoms with Gasteiger partial charge in [0.15, 0.2) is 5.82 Å². The Hall–Kier alpha value is -3.21. The van der Waals surface area contributed by atoms with Gasteiger partial charge < -0.3 is 24.2 Å². The van der Waals surface area contributed by atoms with E-state index in [0.29, 0.717) is 68.7 Å². The molecule has 224 valence electrons. The number of fused-ring (bicyclic) bond motifs is 1. The highest BCUT2D eigenvalue weighted by Gasteiger charge is 2.29. The molecule has 1 aromatic carbocycles. The standard InChI is InChI=1S/C25H35F2N9O4S/c1-32(2)8-5-15-40-19-7-4-6-18-20(19)28-22(21(26)27)36(18)25-30-23(29-24(31-25)34-13-16-39-17-14-34)33-9-11-35(12-10-33)41(3,37)38/h4,6-7,21H,5,8-17H2,1-3H3. The largest absolute Gasteiger partial charge is 0.491 e. The molecule has 2 aromatic heterocycles. The second-order valence-electron chi connectivity index (χ2n) is 10.2.